The molecule has 2 heterocycles. The SMILES string of the molecule is CC(C)(C)c1cc2c(cn1)C[S@@](=N)(=O)C2. The van der Waals surface area contributed by atoms with E-state index in [-0.39, 0.29) is 5.41 Å². The third-order valence-corrected chi connectivity index (χ3v) is 4.18. The van der Waals surface area contributed by atoms with Crippen LogP contribution in [0.4, 0.5) is 0 Å². The Morgan fingerprint density at radius 2 is 1.93 bits per heavy atom. The third kappa shape index (κ3) is 2.04. The lowest BCUT2D eigenvalue weighted by Gasteiger charge is -2.18. The first-order chi connectivity index (χ1) is 6.78. The molecule has 3 nitrogen and oxygen atoms in total. The summed E-state index contributed by atoms with van der Waals surface area (Å²) in [5, 5.41) is 0. The predicted molar refractivity (Wildman–Crippen MR) is 61.2 cm³/mol. The van der Waals surface area contributed by atoms with E-state index >= 15 is 0 Å². The fourth-order valence-corrected chi connectivity index (χ4v) is 3.39. The van der Waals surface area contributed by atoms with Gasteiger partial charge in [0.05, 0.1) is 21.2 Å². The molecule has 15 heavy (non-hydrogen) atoms. The third-order valence-electron chi connectivity index (χ3n) is 2.63. The molecule has 1 aliphatic heterocycles. The van der Waals surface area contributed by atoms with Crippen molar-refractivity contribution in [1.82, 2.24) is 4.98 Å². The minimum absolute atomic E-state index is 0.0144. The van der Waals surface area contributed by atoms with Gasteiger partial charge in [-0.05, 0) is 17.2 Å². The molecule has 0 bridgehead atoms. The summed E-state index contributed by atoms with van der Waals surface area (Å²) in [5.74, 6) is 0.772. The van der Waals surface area contributed by atoms with Gasteiger partial charge in [-0.25, -0.2) is 4.21 Å². The minimum atomic E-state index is -2.41. The van der Waals surface area contributed by atoms with Crippen molar-refractivity contribution >= 4 is 9.73 Å². The van der Waals surface area contributed by atoms with Crippen molar-refractivity contribution in [2.45, 2.75) is 37.7 Å². The first kappa shape index (κ1) is 10.6. The Bertz CT molecular complexity index is 498. The van der Waals surface area contributed by atoms with Crippen molar-refractivity contribution in [3.8, 4) is 0 Å². The van der Waals surface area contributed by atoms with E-state index in [1.807, 2.05) is 6.07 Å². The number of rotatable bonds is 0. The molecular formula is C11H16N2OS. The zero-order chi connectivity index (χ0) is 11.3. The van der Waals surface area contributed by atoms with Gasteiger partial charge >= 0.3 is 0 Å². The van der Waals surface area contributed by atoms with E-state index in [0.29, 0.717) is 11.5 Å². The van der Waals surface area contributed by atoms with Gasteiger partial charge in [0.2, 0.25) is 0 Å². The molecule has 2 rings (SSSR count). The summed E-state index contributed by atoms with van der Waals surface area (Å²) in [5.41, 5.74) is 3.07. The first-order valence-corrected chi connectivity index (χ1v) is 6.90. The predicted octanol–water partition coefficient (Wildman–Crippen LogP) is 2.44. The second-order valence-electron chi connectivity index (χ2n) is 5.19. The molecule has 0 unspecified atom stereocenters. The Labute approximate surface area is 90.9 Å². The van der Waals surface area contributed by atoms with Crippen molar-refractivity contribution < 1.29 is 4.21 Å². The summed E-state index contributed by atoms with van der Waals surface area (Å²) in [6.07, 6.45) is 1.79. The number of nitrogens with zero attached hydrogens (tertiary/aromatic N) is 1. The molecule has 0 aromatic carbocycles. The van der Waals surface area contributed by atoms with Gasteiger partial charge in [-0.2, -0.15) is 0 Å². The molecular weight excluding hydrogens is 208 g/mol. The van der Waals surface area contributed by atoms with E-state index in [4.69, 9.17) is 4.78 Å². The smallest absolute Gasteiger partial charge is 0.0587 e. The number of hydrogen-bond donors (Lipinski definition) is 1. The zero-order valence-electron chi connectivity index (χ0n) is 9.33. The van der Waals surface area contributed by atoms with Crippen molar-refractivity contribution in [2.24, 2.45) is 0 Å². The number of pyridine rings is 1. The highest BCUT2D eigenvalue weighted by molar-refractivity contribution is 7.91. The van der Waals surface area contributed by atoms with E-state index in [9.17, 15) is 4.21 Å². The Hall–Kier alpha value is -0.900. The van der Waals surface area contributed by atoms with Gasteiger partial charge in [0, 0.05) is 17.3 Å². The highest BCUT2D eigenvalue weighted by Gasteiger charge is 2.24. The standard InChI is InChI=1S/C11H16N2OS/c1-11(2,3)10-4-8-6-15(12,14)7-9(8)5-13-10/h4-5,12H,6-7H2,1-3H3/t15-/m0/s1. The van der Waals surface area contributed by atoms with Crippen LogP contribution in [0, 0.1) is 4.78 Å². The number of fused-ring (bicyclic) bond motifs is 1. The molecule has 1 aromatic heterocycles. The molecule has 1 aliphatic rings. The maximum atomic E-state index is 11.6. The maximum absolute atomic E-state index is 11.6. The molecule has 0 saturated carbocycles. The normalized spacial score (nSPS) is 25.3. The molecule has 1 aromatic rings. The topological polar surface area (TPSA) is 53.8 Å². The van der Waals surface area contributed by atoms with Crippen LogP contribution in [-0.4, -0.2) is 9.19 Å². The van der Waals surface area contributed by atoms with Crippen molar-refractivity contribution in [1.29, 1.82) is 4.78 Å². The molecule has 0 aliphatic carbocycles. The summed E-state index contributed by atoms with van der Waals surface area (Å²) >= 11 is 0. The van der Waals surface area contributed by atoms with Crippen LogP contribution in [-0.2, 0) is 26.6 Å². The average molecular weight is 224 g/mol. The summed E-state index contributed by atoms with van der Waals surface area (Å²) in [6, 6.07) is 2.01. The lowest BCUT2D eigenvalue weighted by Crippen LogP contribution is -2.13. The van der Waals surface area contributed by atoms with Gasteiger partial charge < -0.3 is 0 Å². The van der Waals surface area contributed by atoms with E-state index < -0.39 is 9.73 Å². The van der Waals surface area contributed by atoms with Crippen LogP contribution in [0.1, 0.15) is 37.6 Å². The van der Waals surface area contributed by atoms with Gasteiger partial charge in [-0.3, -0.25) is 9.76 Å². The van der Waals surface area contributed by atoms with E-state index in [0.717, 1.165) is 16.8 Å². The highest BCUT2D eigenvalue weighted by atomic mass is 32.2. The fraction of sp³-hybridized carbons (Fsp3) is 0.545. The van der Waals surface area contributed by atoms with Crippen LogP contribution >= 0.6 is 0 Å². The highest BCUT2D eigenvalue weighted by Crippen LogP contribution is 2.28. The van der Waals surface area contributed by atoms with Gasteiger partial charge in [0.25, 0.3) is 0 Å². The molecule has 4 heteroatoms. The van der Waals surface area contributed by atoms with E-state index in [1.165, 1.54) is 0 Å². The van der Waals surface area contributed by atoms with Crippen LogP contribution in [0.5, 0.6) is 0 Å². The molecule has 0 fully saturated rings. The van der Waals surface area contributed by atoms with Crippen LogP contribution < -0.4 is 0 Å². The molecule has 0 amide bonds. The Morgan fingerprint density at radius 1 is 1.33 bits per heavy atom. The Morgan fingerprint density at radius 3 is 2.53 bits per heavy atom. The van der Waals surface area contributed by atoms with Crippen LogP contribution in [0.2, 0.25) is 0 Å². The number of hydrogen-bond acceptors (Lipinski definition) is 3. The summed E-state index contributed by atoms with van der Waals surface area (Å²) < 4.78 is 19.2. The van der Waals surface area contributed by atoms with Gasteiger partial charge in [-0.15, -0.1) is 0 Å². The molecule has 0 spiro atoms. The molecule has 1 N–H and O–H groups in total. The largest absolute Gasteiger partial charge is 0.260 e. The minimum Gasteiger partial charge on any atom is -0.260 e. The second kappa shape index (κ2) is 3.04. The average Bonchev–Trinajstić information content (AvgIpc) is 2.34. The summed E-state index contributed by atoms with van der Waals surface area (Å²) in [7, 11) is -2.41. The molecule has 1 atom stereocenters. The van der Waals surface area contributed by atoms with Crippen molar-refractivity contribution in [2.75, 3.05) is 0 Å². The lowest BCUT2D eigenvalue weighted by atomic mass is 9.90. The molecule has 82 valence electrons. The molecule has 0 radical (unpaired) electrons. The van der Waals surface area contributed by atoms with E-state index in [1.54, 1.807) is 6.20 Å². The van der Waals surface area contributed by atoms with Crippen molar-refractivity contribution in [3.05, 3.63) is 29.1 Å². The number of aromatic nitrogens is 1. The Kier molecular flexibility index (Phi) is 2.15. The van der Waals surface area contributed by atoms with Gasteiger partial charge in [0.1, 0.15) is 0 Å². The van der Waals surface area contributed by atoms with E-state index in [2.05, 4.69) is 25.8 Å². The molecule has 0 saturated heterocycles. The summed E-state index contributed by atoms with van der Waals surface area (Å²) in [4.78, 5) is 4.38. The van der Waals surface area contributed by atoms with Crippen LogP contribution in [0.25, 0.3) is 0 Å². The summed E-state index contributed by atoms with van der Waals surface area (Å²) in [6.45, 7) is 6.32. The monoisotopic (exact) mass is 224 g/mol. The van der Waals surface area contributed by atoms with Crippen LogP contribution in [0.3, 0.4) is 0 Å². The first-order valence-electron chi connectivity index (χ1n) is 5.00. The Balaban J connectivity index is 2.48. The quantitative estimate of drug-likeness (QED) is 0.736. The van der Waals surface area contributed by atoms with Gasteiger partial charge in [0.15, 0.2) is 0 Å². The van der Waals surface area contributed by atoms with Crippen molar-refractivity contribution in [3.63, 3.8) is 0 Å². The van der Waals surface area contributed by atoms with Crippen LogP contribution in [0.15, 0.2) is 12.3 Å². The maximum Gasteiger partial charge on any atom is 0.0587 e. The zero-order valence-corrected chi connectivity index (χ0v) is 10.1. The fourth-order valence-electron chi connectivity index (χ4n) is 1.75. The van der Waals surface area contributed by atoms with Gasteiger partial charge in [-0.1, -0.05) is 20.8 Å². The second-order valence-corrected chi connectivity index (χ2v) is 7.39. The number of nitrogens with one attached hydrogen (secondary N) is 1. The lowest BCUT2D eigenvalue weighted by molar-refractivity contribution is 0.568.